The van der Waals surface area contributed by atoms with E-state index in [0.717, 1.165) is 16.7 Å². The molecule has 3 aromatic carbocycles. The third-order valence-corrected chi connectivity index (χ3v) is 9.30. The van der Waals surface area contributed by atoms with Gasteiger partial charge in [-0.2, -0.15) is 0 Å². The smallest absolute Gasteiger partial charge is 0.250 e. The lowest BCUT2D eigenvalue weighted by molar-refractivity contribution is -0.144. The first-order valence-corrected chi connectivity index (χ1v) is 15.7. The number of carbonyl (C=O) groups is 4. The van der Waals surface area contributed by atoms with Crippen molar-refractivity contribution in [3.63, 3.8) is 0 Å². The Balaban J connectivity index is 1.37. The standard InChI is InChI=1S/C35H39ClN4O5/c1-24-21-28(11-12-29(24)36)37-34(45)35(15-17-39(18-16-35)19-20-41)38-33(44)30-22-26-9-5-6-10-27(26)23-40(30)32(43)14-13-31(42)25-7-3-2-4-8-25/h2-12,21,30,41H,13-20,22-23H2,1H3,(H,37,45)(H,38,44)/t30-/m0/s1. The lowest BCUT2D eigenvalue weighted by Crippen LogP contribution is -2.65. The van der Waals surface area contributed by atoms with Crippen LogP contribution in [0.5, 0.6) is 0 Å². The van der Waals surface area contributed by atoms with Gasteiger partial charge in [-0.1, -0.05) is 66.2 Å². The number of halogens is 1. The van der Waals surface area contributed by atoms with Crippen molar-refractivity contribution in [1.29, 1.82) is 0 Å². The number of aryl methyl sites for hydroxylation is 1. The highest BCUT2D eigenvalue weighted by molar-refractivity contribution is 6.31. The number of aliphatic hydroxyl groups is 1. The molecule has 0 unspecified atom stereocenters. The number of aliphatic hydroxyl groups excluding tert-OH is 1. The van der Waals surface area contributed by atoms with Crippen LogP contribution in [0.2, 0.25) is 5.02 Å². The Morgan fingerprint density at radius 1 is 0.933 bits per heavy atom. The van der Waals surface area contributed by atoms with Crippen LogP contribution in [0.1, 0.15) is 52.7 Å². The Labute approximate surface area is 268 Å². The fourth-order valence-electron chi connectivity index (χ4n) is 6.15. The van der Waals surface area contributed by atoms with Gasteiger partial charge in [-0.15, -0.1) is 0 Å². The van der Waals surface area contributed by atoms with E-state index in [1.54, 1.807) is 47.4 Å². The van der Waals surface area contributed by atoms with E-state index in [1.165, 1.54) is 0 Å². The summed E-state index contributed by atoms with van der Waals surface area (Å²) in [4.78, 5) is 58.2. The number of amides is 3. The number of ketones is 1. The number of benzene rings is 3. The number of Topliss-reactive ketones (excluding diaryl/α,β-unsaturated/α-hetero) is 1. The molecule has 0 radical (unpaired) electrons. The normalized spacial score (nSPS) is 17.7. The predicted octanol–water partition coefficient (Wildman–Crippen LogP) is 4.15. The van der Waals surface area contributed by atoms with Gasteiger partial charge in [-0.3, -0.25) is 19.2 Å². The van der Waals surface area contributed by atoms with Gasteiger partial charge in [0.2, 0.25) is 17.7 Å². The van der Waals surface area contributed by atoms with E-state index in [0.29, 0.717) is 55.2 Å². The van der Waals surface area contributed by atoms with Gasteiger partial charge in [-0.05, 0) is 54.7 Å². The van der Waals surface area contributed by atoms with Crippen molar-refractivity contribution in [3.8, 4) is 0 Å². The third kappa shape index (κ3) is 7.61. The van der Waals surface area contributed by atoms with Crippen molar-refractivity contribution in [1.82, 2.24) is 15.1 Å². The van der Waals surface area contributed by atoms with Crippen molar-refractivity contribution in [2.75, 3.05) is 31.6 Å². The van der Waals surface area contributed by atoms with Crippen molar-refractivity contribution in [2.45, 2.75) is 57.2 Å². The molecule has 3 aromatic rings. The molecule has 0 bridgehead atoms. The van der Waals surface area contributed by atoms with Crippen LogP contribution in [0.3, 0.4) is 0 Å². The summed E-state index contributed by atoms with van der Waals surface area (Å²) in [5.74, 6) is -1.18. The molecule has 0 spiro atoms. The zero-order chi connectivity index (χ0) is 32.0. The molecule has 1 atom stereocenters. The topological polar surface area (TPSA) is 119 Å². The number of nitrogens with zero attached hydrogens (tertiary/aromatic N) is 2. The minimum absolute atomic E-state index is 0.000930. The van der Waals surface area contributed by atoms with E-state index in [-0.39, 0.29) is 43.6 Å². The quantitative estimate of drug-likeness (QED) is 0.290. The van der Waals surface area contributed by atoms with Crippen LogP contribution in [-0.2, 0) is 27.3 Å². The molecule has 9 nitrogen and oxygen atoms in total. The van der Waals surface area contributed by atoms with Gasteiger partial charge >= 0.3 is 0 Å². The van der Waals surface area contributed by atoms with Gasteiger partial charge in [0, 0.05) is 61.7 Å². The number of fused-ring (bicyclic) bond motifs is 1. The molecule has 45 heavy (non-hydrogen) atoms. The number of rotatable bonds is 10. The second kappa shape index (κ2) is 14.4. The number of nitrogens with one attached hydrogen (secondary N) is 2. The largest absolute Gasteiger partial charge is 0.395 e. The van der Waals surface area contributed by atoms with Gasteiger partial charge in [0.05, 0.1) is 6.61 Å². The zero-order valence-electron chi connectivity index (χ0n) is 25.4. The maximum absolute atomic E-state index is 14.2. The molecule has 3 N–H and O–H groups in total. The maximum atomic E-state index is 14.2. The summed E-state index contributed by atoms with van der Waals surface area (Å²) in [6, 6.07) is 20.9. The number of β-amino-alcohol motifs (C(OH)–C–C–N with tert-alkyl or cyclic N) is 1. The summed E-state index contributed by atoms with van der Waals surface area (Å²) >= 11 is 6.19. The molecule has 0 aliphatic carbocycles. The van der Waals surface area contributed by atoms with Crippen LogP contribution in [0.15, 0.2) is 72.8 Å². The van der Waals surface area contributed by atoms with Crippen molar-refractivity contribution in [2.24, 2.45) is 0 Å². The Hall–Kier alpha value is -4.05. The molecular formula is C35H39ClN4O5. The molecule has 2 aliphatic rings. The number of hydrogen-bond donors (Lipinski definition) is 3. The molecule has 1 fully saturated rings. The van der Waals surface area contributed by atoms with Gasteiger partial charge < -0.3 is 25.5 Å². The number of hydrogen-bond acceptors (Lipinski definition) is 6. The summed E-state index contributed by atoms with van der Waals surface area (Å²) in [6.45, 7) is 3.58. The molecule has 3 amide bonds. The van der Waals surface area contributed by atoms with Crippen molar-refractivity contribution in [3.05, 3.63) is 100 Å². The Bertz CT molecular complexity index is 1550. The average Bonchev–Trinajstić information content (AvgIpc) is 3.06. The molecule has 0 saturated carbocycles. The summed E-state index contributed by atoms with van der Waals surface area (Å²) in [7, 11) is 0. The lowest BCUT2D eigenvalue weighted by atomic mass is 9.85. The molecule has 2 heterocycles. The van der Waals surface area contributed by atoms with Gasteiger partial charge in [-0.25, -0.2) is 0 Å². The molecule has 10 heteroatoms. The first-order valence-electron chi connectivity index (χ1n) is 15.4. The zero-order valence-corrected chi connectivity index (χ0v) is 26.2. The van der Waals surface area contributed by atoms with E-state index >= 15 is 0 Å². The van der Waals surface area contributed by atoms with Crippen molar-refractivity contribution < 1.29 is 24.3 Å². The molecule has 1 saturated heterocycles. The lowest BCUT2D eigenvalue weighted by Gasteiger charge is -2.43. The number of anilines is 1. The predicted molar refractivity (Wildman–Crippen MR) is 173 cm³/mol. The molecule has 0 aromatic heterocycles. The van der Waals surface area contributed by atoms with Crippen LogP contribution >= 0.6 is 11.6 Å². The Morgan fingerprint density at radius 3 is 2.31 bits per heavy atom. The maximum Gasteiger partial charge on any atom is 0.250 e. The Morgan fingerprint density at radius 2 is 1.62 bits per heavy atom. The second-order valence-corrected chi connectivity index (χ2v) is 12.3. The van der Waals surface area contributed by atoms with E-state index in [4.69, 9.17) is 11.6 Å². The number of piperidine rings is 1. The minimum Gasteiger partial charge on any atom is -0.395 e. The summed E-state index contributed by atoms with van der Waals surface area (Å²) < 4.78 is 0. The van der Waals surface area contributed by atoms with Crippen molar-refractivity contribution >= 4 is 40.8 Å². The van der Waals surface area contributed by atoms with Crippen LogP contribution in [-0.4, -0.2) is 76.2 Å². The number of likely N-dealkylation sites (tertiary alicyclic amines) is 1. The first-order chi connectivity index (χ1) is 21.7. The summed E-state index contributed by atoms with van der Waals surface area (Å²) in [6.07, 6.45) is 0.964. The number of carbonyl (C=O) groups excluding carboxylic acids is 4. The molecular weight excluding hydrogens is 592 g/mol. The molecule has 236 valence electrons. The minimum atomic E-state index is -1.23. The van der Waals surface area contributed by atoms with E-state index < -0.39 is 17.5 Å². The van der Waals surface area contributed by atoms with E-state index in [2.05, 4.69) is 15.5 Å². The second-order valence-electron chi connectivity index (χ2n) is 11.9. The monoisotopic (exact) mass is 630 g/mol. The van der Waals surface area contributed by atoms with Crippen LogP contribution in [0.4, 0.5) is 5.69 Å². The summed E-state index contributed by atoms with van der Waals surface area (Å²) in [5, 5.41) is 16.1. The fraction of sp³-hybridized carbons (Fsp3) is 0.371. The van der Waals surface area contributed by atoms with Crippen LogP contribution in [0, 0.1) is 6.92 Å². The van der Waals surface area contributed by atoms with E-state index in [1.807, 2.05) is 37.3 Å². The molecule has 5 rings (SSSR count). The van der Waals surface area contributed by atoms with Gasteiger partial charge in [0.1, 0.15) is 11.6 Å². The van der Waals surface area contributed by atoms with Crippen LogP contribution < -0.4 is 10.6 Å². The first kappa shape index (κ1) is 32.3. The molecule has 2 aliphatic heterocycles. The highest BCUT2D eigenvalue weighted by Gasteiger charge is 2.45. The highest BCUT2D eigenvalue weighted by atomic mass is 35.5. The van der Waals surface area contributed by atoms with Gasteiger partial charge in [0.25, 0.3) is 0 Å². The third-order valence-electron chi connectivity index (χ3n) is 8.87. The summed E-state index contributed by atoms with van der Waals surface area (Å²) in [5.41, 5.74) is 2.61. The van der Waals surface area contributed by atoms with Crippen LogP contribution in [0.25, 0.3) is 0 Å². The SMILES string of the molecule is Cc1cc(NC(=O)C2(NC(=O)[C@@H]3Cc4ccccc4CN3C(=O)CCC(=O)c3ccccc3)CCN(CCO)CC2)ccc1Cl. The highest BCUT2D eigenvalue weighted by Crippen LogP contribution is 2.29. The average molecular weight is 631 g/mol. The van der Waals surface area contributed by atoms with E-state index in [9.17, 15) is 24.3 Å². The fourth-order valence-corrected chi connectivity index (χ4v) is 6.27. The van der Waals surface area contributed by atoms with Gasteiger partial charge in [0.15, 0.2) is 5.78 Å². The Kier molecular flexibility index (Phi) is 10.3.